The average Bonchev–Trinajstić information content (AvgIpc) is 2.53. The van der Waals surface area contributed by atoms with Crippen LogP contribution in [0, 0.1) is 10.8 Å². The maximum absolute atomic E-state index is 12.8. The molecule has 4 nitrogen and oxygen atoms in total. The highest BCUT2D eigenvalue weighted by atomic mass is 79.9. The molecule has 0 saturated carbocycles. The summed E-state index contributed by atoms with van der Waals surface area (Å²) in [7, 11) is 1.40. The van der Waals surface area contributed by atoms with E-state index in [0.29, 0.717) is 13.0 Å². The van der Waals surface area contributed by atoms with Gasteiger partial charge in [-0.3, -0.25) is 9.59 Å². The topological polar surface area (TPSA) is 52.6 Å². The number of halogens is 1. The summed E-state index contributed by atoms with van der Waals surface area (Å²) in [4.78, 5) is 25.5. The van der Waals surface area contributed by atoms with E-state index in [4.69, 9.17) is 9.47 Å². The van der Waals surface area contributed by atoms with E-state index in [0.717, 1.165) is 5.56 Å². The number of carbonyl (C=O) groups excluding carboxylic acids is 2. The first-order chi connectivity index (χ1) is 11.9. The average molecular weight is 427 g/mol. The van der Waals surface area contributed by atoms with Crippen LogP contribution in [0.25, 0.3) is 0 Å². The van der Waals surface area contributed by atoms with Crippen molar-refractivity contribution in [3.8, 4) is 0 Å². The van der Waals surface area contributed by atoms with Crippen LogP contribution in [0.1, 0.15) is 59.4 Å². The van der Waals surface area contributed by atoms with Crippen molar-refractivity contribution in [1.82, 2.24) is 0 Å². The molecule has 0 N–H and O–H groups in total. The molecule has 1 aromatic carbocycles. The van der Waals surface area contributed by atoms with E-state index in [1.807, 2.05) is 65.0 Å². The van der Waals surface area contributed by atoms with E-state index < -0.39 is 21.1 Å². The predicted molar refractivity (Wildman–Crippen MR) is 107 cm³/mol. The molecule has 0 bridgehead atoms. The van der Waals surface area contributed by atoms with Crippen LogP contribution < -0.4 is 0 Å². The molecular weight excluding hydrogens is 396 g/mol. The van der Waals surface area contributed by atoms with E-state index in [1.165, 1.54) is 7.11 Å². The van der Waals surface area contributed by atoms with Gasteiger partial charge in [-0.2, -0.15) is 0 Å². The fourth-order valence-electron chi connectivity index (χ4n) is 3.54. The van der Waals surface area contributed by atoms with E-state index in [-0.39, 0.29) is 11.9 Å². The summed E-state index contributed by atoms with van der Waals surface area (Å²) in [5.41, 5.74) is -0.484. The Hall–Kier alpha value is -1.36. The monoisotopic (exact) mass is 426 g/mol. The first-order valence-corrected chi connectivity index (χ1v) is 9.69. The number of ether oxygens (including phenoxy) is 2. The number of benzene rings is 1. The highest BCUT2D eigenvalue weighted by Crippen LogP contribution is 2.51. The lowest BCUT2D eigenvalue weighted by molar-refractivity contribution is -0.158. The highest BCUT2D eigenvalue weighted by molar-refractivity contribution is 9.10. The van der Waals surface area contributed by atoms with Crippen molar-refractivity contribution in [3.05, 3.63) is 35.9 Å². The molecule has 0 saturated heterocycles. The molecule has 0 aliphatic heterocycles. The van der Waals surface area contributed by atoms with E-state index in [9.17, 15) is 9.59 Å². The Bertz CT molecular complexity index is 619. The summed E-state index contributed by atoms with van der Waals surface area (Å²) in [5, 5.41) is 0. The molecular formula is C21H31BrO4. The van der Waals surface area contributed by atoms with Gasteiger partial charge in [0.15, 0.2) is 0 Å². The molecule has 0 amide bonds. The molecule has 0 aromatic heterocycles. The Morgan fingerprint density at radius 2 is 1.62 bits per heavy atom. The van der Waals surface area contributed by atoms with Gasteiger partial charge in [-0.05, 0) is 45.1 Å². The second-order valence-electron chi connectivity index (χ2n) is 8.06. The van der Waals surface area contributed by atoms with E-state index >= 15 is 0 Å². The van der Waals surface area contributed by atoms with Crippen LogP contribution in [0.2, 0.25) is 0 Å². The largest absolute Gasteiger partial charge is 0.469 e. The van der Waals surface area contributed by atoms with Crippen LogP contribution in [0.4, 0.5) is 0 Å². The molecule has 0 fully saturated rings. The van der Waals surface area contributed by atoms with Gasteiger partial charge in [0.1, 0.15) is 0 Å². The van der Waals surface area contributed by atoms with Crippen molar-refractivity contribution < 1.29 is 19.1 Å². The van der Waals surface area contributed by atoms with Crippen molar-refractivity contribution >= 4 is 27.9 Å². The van der Waals surface area contributed by atoms with Crippen LogP contribution in [0.5, 0.6) is 0 Å². The third-order valence-corrected chi connectivity index (χ3v) is 6.07. The molecule has 0 aliphatic rings. The van der Waals surface area contributed by atoms with E-state index in [2.05, 4.69) is 15.9 Å². The number of methoxy groups -OCH3 is 1. The lowest BCUT2D eigenvalue weighted by Crippen LogP contribution is -2.48. The Labute approximate surface area is 165 Å². The number of esters is 2. The number of hydrogen-bond acceptors (Lipinski definition) is 4. The number of hydrogen-bond donors (Lipinski definition) is 0. The summed E-state index contributed by atoms with van der Waals surface area (Å²) < 4.78 is 9.95. The Morgan fingerprint density at radius 3 is 2.04 bits per heavy atom. The standard InChI is InChI=1S/C21H31BrO4/c1-8-26-17(23)16(15-12-10-9-11-13-15)19(2,3)14-21(6,18(24)25-7)20(4,5)22/h9-13,16H,8,14H2,1-7H3. The first kappa shape index (κ1) is 22.7. The minimum Gasteiger partial charge on any atom is -0.469 e. The van der Waals surface area contributed by atoms with Gasteiger partial charge in [0.25, 0.3) is 0 Å². The van der Waals surface area contributed by atoms with Gasteiger partial charge < -0.3 is 9.47 Å². The number of rotatable bonds is 8. The van der Waals surface area contributed by atoms with Crippen molar-refractivity contribution in [2.45, 2.75) is 58.2 Å². The van der Waals surface area contributed by atoms with Gasteiger partial charge in [-0.1, -0.05) is 60.1 Å². The van der Waals surface area contributed by atoms with Crippen molar-refractivity contribution in [2.24, 2.45) is 10.8 Å². The predicted octanol–water partition coefficient (Wildman–Crippen LogP) is 5.10. The van der Waals surface area contributed by atoms with Crippen LogP contribution in [0.3, 0.4) is 0 Å². The van der Waals surface area contributed by atoms with Crippen molar-refractivity contribution in [2.75, 3.05) is 13.7 Å². The second-order valence-corrected chi connectivity index (χ2v) is 10.0. The smallest absolute Gasteiger partial charge is 0.313 e. The summed E-state index contributed by atoms with van der Waals surface area (Å²) >= 11 is 3.65. The van der Waals surface area contributed by atoms with Gasteiger partial charge >= 0.3 is 11.9 Å². The third kappa shape index (κ3) is 4.87. The second kappa shape index (κ2) is 8.55. The van der Waals surface area contributed by atoms with Gasteiger partial charge in [0.2, 0.25) is 0 Å². The van der Waals surface area contributed by atoms with Crippen molar-refractivity contribution in [1.29, 1.82) is 0 Å². The van der Waals surface area contributed by atoms with Crippen molar-refractivity contribution in [3.63, 3.8) is 0 Å². The lowest BCUT2D eigenvalue weighted by atomic mass is 9.62. The molecule has 1 rings (SSSR count). The summed E-state index contributed by atoms with van der Waals surface area (Å²) in [5.74, 6) is -1.06. The van der Waals surface area contributed by atoms with Gasteiger partial charge in [0.05, 0.1) is 25.0 Å². The maximum Gasteiger partial charge on any atom is 0.313 e. The zero-order chi connectivity index (χ0) is 20.2. The number of carbonyl (C=O) groups is 2. The number of alkyl halides is 1. The Kier molecular flexibility index (Phi) is 7.46. The fraction of sp³-hybridized carbons (Fsp3) is 0.619. The Morgan fingerprint density at radius 1 is 1.08 bits per heavy atom. The quantitative estimate of drug-likeness (QED) is 0.428. The molecule has 0 spiro atoms. The van der Waals surface area contributed by atoms with E-state index in [1.54, 1.807) is 6.92 Å². The molecule has 0 radical (unpaired) electrons. The minimum absolute atomic E-state index is 0.275. The molecule has 0 heterocycles. The molecule has 1 aromatic rings. The summed E-state index contributed by atoms with van der Waals surface area (Å²) in [6.07, 6.45) is 0.448. The zero-order valence-electron chi connectivity index (χ0n) is 16.9. The SMILES string of the molecule is CCOC(=O)C(c1ccccc1)C(C)(C)CC(C)(C(=O)OC)C(C)(C)Br. The van der Waals surface area contributed by atoms with Crippen LogP contribution >= 0.6 is 15.9 Å². The van der Waals surface area contributed by atoms with Gasteiger partial charge in [-0.15, -0.1) is 0 Å². The van der Waals surface area contributed by atoms with Crippen LogP contribution in [0.15, 0.2) is 30.3 Å². The normalized spacial score (nSPS) is 15.7. The van der Waals surface area contributed by atoms with Crippen LogP contribution in [-0.4, -0.2) is 30.0 Å². The van der Waals surface area contributed by atoms with Crippen LogP contribution in [-0.2, 0) is 19.1 Å². The fourth-order valence-corrected chi connectivity index (χ4v) is 3.84. The molecule has 2 atom stereocenters. The lowest BCUT2D eigenvalue weighted by Gasteiger charge is -2.45. The first-order valence-electron chi connectivity index (χ1n) is 8.89. The Balaban J connectivity index is 3.39. The highest BCUT2D eigenvalue weighted by Gasteiger charge is 2.52. The molecule has 5 heteroatoms. The molecule has 0 aliphatic carbocycles. The molecule has 146 valence electrons. The van der Waals surface area contributed by atoms with Gasteiger partial charge in [-0.25, -0.2) is 0 Å². The zero-order valence-corrected chi connectivity index (χ0v) is 18.5. The summed E-state index contributed by atoms with van der Waals surface area (Å²) in [6.45, 7) is 11.9. The molecule has 2 unspecified atom stereocenters. The minimum atomic E-state index is -0.829. The molecule has 26 heavy (non-hydrogen) atoms. The third-order valence-electron chi connectivity index (χ3n) is 5.19. The summed E-state index contributed by atoms with van der Waals surface area (Å²) in [6, 6.07) is 9.59. The maximum atomic E-state index is 12.8. The van der Waals surface area contributed by atoms with Gasteiger partial charge in [0, 0.05) is 4.32 Å².